The molecule has 0 aliphatic heterocycles. The number of aromatic nitrogens is 1. The van der Waals surface area contributed by atoms with Crippen molar-refractivity contribution in [3.63, 3.8) is 0 Å². The standard InChI is InChI=1S/C12H20N2O2S/c1-3-9-17(15,16)10-8-13-11(2)12-6-4-5-7-14-12/h4-7,11,13H,3,8-10H2,1-2H3. The fourth-order valence-corrected chi connectivity index (χ4v) is 2.84. The second kappa shape index (κ2) is 6.71. The first-order valence-corrected chi connectivity index (χ1v) is 7.72. The van der Waals surface area contributed by atoms with E-state index in [2.05, 4.69) is 10.3 Å². The molecule has 0 radical (unpaired) electrons. The highest BCUT2D eigenvalue weighted by Crippen LogP contribution is 2.07. The van der Waals surface area contributed by atoms with Gasteiger partial charge in [0.25, 0.3) is 0 Å². The van der Waals surface area contributed by atoms with Crippen LogP contribution in [0.1, 0.15) is 32.0 Å². The van der Waals surface area contributed by atoms with Crippen LogP contribution in [-0.2, 0) is 9.84 Å². The highest BCUT2D eigenvalue weighted by atomic mass is 32.2. The van der Waals surface area contributed by atoms with Gasteiger partial charge in [0, 0.05) is 24.5 Å². The lowest BCUT2D eigenvalue weighted by atomic mass is 10.2. The zero-order chi connectivity index (χ0) is 12.7. The van der Waals surface area contributed by atoms with Crippen molar-refractivity contribution in [3.05, 3.63) is 30.1 Å². The first-order valence-electron chi connectivity index (χ1n) is 5.90. The maximum atomic E-state index is 11.5. The maximum Gasteiger partial charge on any atom is 0.151 e. The van der Waals surface area contributed by atoms with E-state index < -0.39 is 9.84 Å². The van der Waals surface area contributed by atoms with Gasteiger partial charge in [0.15, 0.2) is 9.84 Å². The Morgan fingerprint density at radius 1 is 1.35 bits per heavy atom. The summed E-state index contributed by atoms with van der Waals surface area (Å²) in [6.07, 6.45) is 2.42. The largest absolute Gasteiger partial charge is 0.308 e. The Labute approximate surface area is 103 Å². The molecule has 0 saturated heterocycles. The molecule has 0 fully saturated rings. The van der Waals surface area contributed by atoms with Crippen molar-refractivity contribution >= 4 is 9.84 Å². The Morgan fingerprint density at radius 2 is 2.12 bits per heavy atom. The highest BCUT2D eigenvalue weighted by molar-refractivity contribution is 7.91. The normalized spacial score (nSPS) is 13.5. The average molecular weight is 256 g/mol. The topological polar surface area (TPSA) is 59.1 Å². The second-order valence-electron chi connectivity index (χ2n) is 4.08. The molecule has 0 aliphatic rings. The van der Waals surface area contributed by atoms with E-state index in [9.17, 15) is 8.42 Å². The summed E-state index contributed by atoms with van der Waals surface area (Å²) in [5, 5.41) is 3.17. The van der Waals surface area contributed by atoms with Crippen LogP contribution in [0.4, 0.5) is 0 Å². The van der Waals surface area contributed by atoms with Gasteiger partial charge in [0.1, 0.15) is 0 Å². The Morgan fingerprint density at radius 3 is 2.71 bits per heavy atom. The summed E-state index contributed by atoms with van der Waals surface area (Å²) in [4.78, 5) is 4.22. The molecule has 0 aromatic carbocycles. The molecule has 4 nitrogen and oxygen atoms in total. The molecule has 1 N–H and O–H groups in total. The lowest BCUT2D eigenvalue weighted by Gasteiger charge is -2.12. The third-order valence-electron chi connectivity index (χ3n) is 2.51. The molecule has 1 atom stereocenters. The first-order chi connectivity index (χ1) is 8.05. The molecular formula is C12H20N2O2S. The summed E-state index contributed by atoms with van der Waals surface area (Å²) >= 11 is 0. The van der Waals surface area contributed by atoms with Crippen LogP contribution in [0.2, 0.25) is 0 Å². The number of hydrogen-bond acceptors (Lipinski definition) is 4. The van der Waals surface area contributed by atoms with Gasteiger partial charge < -0.3 is 5.32 Å². The Hall–Kier alpha value is -0.940. The number of nitrogens with zero attached hydrogens (tertiary/aromatic N) is 1. The molecule has 1 aromatic rings. The summed E-state index contributed by atoms with van der Waals surface area (Å²) in [6, 6.07) is 5.79. The van der Waals surface area contributed by atoms with Crippen molar-refractivity contribution in [1.29, 1.82) is 0 Å². The number of nitrogens with one attached hydrogen (secondary N) is 1. The molecule has 96 valence electrons. The van der Waals surface area contributed by atoms with E-state index in [1.807, 2.05) is 32.0 Å². The van der Waals surface area contributed by atoms with Crippen molar-refractivity contribution in [2.45, 2.75) is 26.3 Å². The van der Waals surface area contributed by atoms with Gasteiger partial charge >= 0.3 is 0 Å². The molecule has 1 aromatic heterocycles. The van der Waals surface area contributed by atoms with E-state index in [0.717, 1.165) is 5.69 Å². The Bertz CT molecular complexity index is 417. The molecule has 0 saturated carbocycles. The molecule has 0 bridgehead atoms. The number of sulfone groups is 1. The second-order valence-corrected chi connectivity index (χ2v) is 6.39. The summed E-state index contributed by atoms with van der Waals surface area (Å²) < 4.78 is 23.0. The van der Waals surface area contributed by atoms with E-state index in [-0.39, 0.29) is 17.5 Å². The van der Waals surface area contributed by atoms with E-state index in [1.165, 1.54) is 0 Å². The van der Waals surface area contributed by atoms with Crippen LogP contribution in [0.5, 0.6) is 0 Å². The fraction of sp³-hybridized carbons (Fsp3) is 0.583. The van der Waals surface area contributed by atoms with Gasteiger partial charge in [-0.05, 0) is 25.5 Å². The molecule has 1 rings (SSSR count). The quantitative estimate of drug-likeness (QED) is 0.804. The third-order valence-corrected chi connectivity index (χ3v) is 4.37. The highest BCUT2D eigenvalue weighted by Gasteiger charge is 2.10. The van der Waals surface area contributed by atoms with Crippen molar-refractivity contribution in [3.8, 4) is 0 Å². The molecule has 1 unspecified atom stereocenters. The van der Waals surface area contributed by atoms with E-state index in [1.54, 1.807) is 6.20 Å². The van der Waals surface area contributed by atoms with Gasteiger partial charge in [-0.25, -0.2) is 8.42 Å². The predicted octanol–water partition coefficient (Wildman–Crippen LogP) is 1.56. The molecule has 0 aliphatic carbocycles. The molecule has 0 amide bonds. The minimum atomic E-state index is -2.89. The van der Waals surface area contributed by atoms with Crippen LogP contribution in [-0.4, -0.2) is 31.5 Å². The number of pyridine rings is 1. The minimum Gasteiger partial charge on any atom is -0.308 e. The number of hydrogen-bond donors (Lipinski definition) is 1. The molecular weight excluding hydrogens is 236 g/mol. The zero-order valence-electron chi connectivity index (χ0n) is 10.4. The summed E-state index contributed by atoms with van der Waals surface area (Å²) in [5.74, 6) is 0.463. The third kappa shape index (κ3) is 5.28. The SMILES string of the molecule is CCCS(=O)(=O)CCNC(C)c1ccccn1. The summed E-state index contributed by atoms with van der Waals surface area (Å²) in [7, 11) is -2.89. The van der Waals surface area contributed by atoms with Crippen LogP contribution in [0.15, 0.2) is 24.4 Å². The summed E-state index contributed by atoms with van der Waals surface area (Å²) in [6.45, 7) is 4.33. The monoisotopic (exact) mass is 256 g/mol. The van der Waals surface area contributed by atoms with E-state index in [4.69, 9.17) is 0 Å². The number of rotatable bonds is 7. The van der Waals surface area contributed by atoms with Gasteiger partial charge in [-0.15, -0.1) is 0 Å². The lowest BCUT2D eigenvalue weighted by molar-refractivity contribution is 0.564. The zero-order valence-corrected chi connectivity index (χ0v) is 11.2. The Balaban J connectivity index is 2.37. The van der Waals surface area contributed by atoms with Crippen molar-refractivity contribution in [1.82, 2.24) is 10.3 Å². The minimum absolute atomic E-state index is 0.0769. The maximum absolute atomic E-state index is 11.5. The van der Waals surface area contributed by atoms with Crippen molar-refractivity contribution in [2.24, 2.45) is 0 Å². The van der Waals surface area contributed by atoms with Crippen molar-refractivity contribution in [2.75, 3.05) is 18.1 Å². The van der Waals surface area contributed by atoms with Crippen LogP contribution >= 0.6 is 0 Å². The first kappa shape index (κ1) is 14.1. The fourth-order valence-electron chi connectivity index (χ4n) is 1.58. The molecule has 0 spiro atoms. The van der Waals surface area contributed by atoms with Crippen molar-refractivity contribution < 1.29 is 8.42 Å². The Kier molecular flexibility index (Phi) is 5.58. The predicted molar refractivity (Wildman–Crippen MR) is 69.6 cm³/mol. The van der Waals surface area contributed by atoms with Crippen LogP contribution in [0.3, 0.4) is 0 Å². The van der Waals surface area contributed by atoms with Crippen LogP contribution in [0, 0.1) is 0 Å². The smallest absolute Gasteiger partial charge is 0.151 e. The van der Waals surface area contributed by atoms with E-state index in [0.29, 0.717) is 13.0 Å². The van der Waals surface area contributed by atoms with Gasteiger partial charge in [0.2, 0.25) is 0 Å². The van der Waals surface area contributed by atoms with Gasteiger partial charge in [-0.3, -0.25) is 4.98 Å². The molecule has 5 heteroatoms. The van der Waals surface area contributed by atoms with Crippen LogP contribution in [0.25, 0.3) is 0 Å². The summed E-state index contributed by atoms with van der Waals surface area (Å²) in [5.41, 5.74) is 0.931. The van der Waals surface area contributed by atoms with E-state index >= 15 is 0 Å². The van der Waals surface area contributed by atoms with Gasteiger partial charge in [-0.1, -0.05) is 13.0 Å². The van der Waals surface area contributed by atoms with Gasteiger partial charge in [0.05, 0.1) is 11.4 Å². The molecule has 17 heavy (non-hydrogen) atoms. The van der Waals surface area contributed by atoms with Gasteiger partial charge in [-0.2, -0.15) is 0 Å². The lowest BCUT2D eigenvalue weighted by Crippen LogP contribution is -2.27. The molecule has 1 heterocycles. The van der Waals surface area contributed by atoms with Crippen LogP contribution < -0.4 is 5.32 Å². The average Bonchev–Trinajstić information content (AvgIpc) is 2.29.